The third-order valence-corrected chi connectivity index (χ3v) is 9.15. The van der Waals surface area contributed by atoms with Gasteiger partial charge in [-0.2, -0.15) is 45.3 Å². The maximum absolute atomic E-state index is 12.1. The highest BCUT2D eigenvalue weighted by molar-refractivity contribution is 7.86. The number of anilines is 5. The molecule has 6 N–H and O–H groups in total. The first-order valence-electron chi connectivity index (χ1n) is 13.3. The van der Waals surface area contributed by atoms with E-state index in [0.717, 1.165) is 30.3 Å². The fourth-order valence-electron chi connectivity index (χ4n) is 4.34. The normalized spacial score (nSPS) is 12.3. The van der Waals surface area contributed by atoms with Crippen molar-refractivity contribution in [3.05, 3.63) is 78.1 Å². The molecule has 0 radical (unpaired) electrons. The fraction of sp³-hybridized carbons (Fsp3) is 0.0370. The number of halogens is 1. The van der Waals surface area contributed by atoms with Crippen LogP contribution in [0.15, 0.2) is 97.7 Å². The zero-order valence-corrected chi connectivity index (χ0v) is 27.7. The Morgan fingerprint density at radius 1 is 0.694 bits per heavy atom. The number of rotatable bonds is 10. The van der Waals surface area contributed by atoms with E-state index in [1.807, 2.05) is 0 Å². The van der Waals surface area contributed by atoms with Gasteiger partial charge in [0.05, 0.1) is 16.3 Å². The van der Waals surface area contributed by atoms with Crippen LogP contribution >= 0.6 is 11.6 Å². The van der Waals surface area contributed by atoms with Crippen LogP contribution in [-0.4, -0.2) is 59.8 Å². The molecular weight excluding hydrogens is 728 g/mol. The van der Waals surface area contributed by atoms with E-state index in [4.69, 9.17) is 16.2 Å². The number of aromatic nitrogens is 3. The first kappa shape index (κ1) is 35.2. The highest BCUT2D eigenvalue weighted by atomic mass is 35.5. The van der Waals surface area contributed by atoms with Gasteiger partial charge in [0.25, 0.3) is 30.4 Å². The van der Waals surface area contributed by atoms with Crippen molar-refractivity contribution in [2.24, 2.45) is 10.2 Å². The van der Waals surface area contributed by atoms with Crippen molar-refractivity contribution in [3.63, 3.8) is 0 Å². The number of nitrogens with one attached hydrogen (secondary N) is 3. The number of hydrogen-bond donors (Lipinski definition) is 6. The van der Waals surface area contributed by atoms with Crippen molar-refractivity contribution in [1.82, 2.24) is 15.0 Å². The molecule has 4 aromatic carbocycles. The Labute approximate surface area is 282 Å². The smallest absolute Gasteiger partial charge is 0.295 e. The number of hydrogen-bond acceptors (Lipinski definition) is 14. The Morgan fingerprint density at radius 3 is 1.90 bits per heavy atom. The Kier molecular flexibility index (Phi) is 9.61. The first-order chi connectivity index (χ1) is 22.9. The number of amides is 1. The summed E-state index contributed by atoms with van der Waals surface area (Å²) in [6, 6.07) is 14.9. The van der Waals surface area contributed by atoms with Gasteiger partial charge >= 0.3 is 0 Å². The van der Waals surface area contributed by atoms with Crippen LogP contribution in [0.5, 0.6) is 0 Å². The van der Waals surface area contributed by atoms with E-state index < -0.39 is 46.1 Å². The molecule has 49 heavy (non-hydrogen) atoms. The minimum absolute atomic E-state index is 0.0357. The summed E-state index contributed by atoms with van der Waals surface area (Å²) in [5, 5.41) is 15.6. The number of azo groups is 1. The molecule has 1 aromatic heterocycles. The van der Waals surface area contributed by atoms with E-state index in [0.29, 0.717) is 11.4 Å². The summed E-state index contributed by atoms with van der Waals surface area (Å²) in [7, 11) is -14.1. The van der Waals surface area contributed by atoms with Crippen LogP contribution in [0, 0.1) is 0 Å². The molecule has 0 fully saturated rings. The summed E-state index contributed by atoms with van der Waals surface area (Å²) >= 11 is 6.06. The number of fused-ring (bicyclic) bond motifs is 1. The second kappa shape index (κ2) is 13.4. The van der Waals surface area contributed by atoms with Gasteiger partial charge < -0.3 is 16.0 Å². The molecule has 0 bridgehead atoms. The molecule has 0 saturated heterocycles. The lowest BCUT2D eigenvalue weighted by atomic mass is 10.1. The van der Waals surface area contributed by atoms with Gasteiger partial charge in [0.15, 0.2) is 0 Å². The molecule has 0 unspecified atom stereocenters. The highest BCUT2D eigenvalue weighted by Crippen LogP contribution is 2.35. The molecule has 1 amide bonds. The molecule has 0 aliphatic rings. The summed E-state index contributed by atoms with van der Waals surface area (Å²) in [6.45, 7) is 1.23. The van der Waals surface area contributed by atoms with Crippen molar-refractivity contribution < 1.29 is 43.7 Å². The average molecular weight is 749 g/mol. The SMILES string of the molecule is CC(=O)Nc1cc(Nc2nc(Cl)nc(Nc3ccc(S(=O)(=O)O)cc3)n2)ccc1N=Nc1cc(S(=O)(=O)O)c2cccc(S(=O)(=O)O)c2c1. The molecule has 1 heterocycles. The van der Waals surface area contributed by atoms with E-state index in [-0.39, 0.29) is 49.9 Å². The molecular formula is C27H21ClN8O10S3. The summed E-state index contributed by atoms with van der Waals surface area (Å²) < 4.78 is 99.4. The van der Waals surface area contributed by atoms with Crippen molar-refractivity contribution in [1.29, 1.82) is 0 Å². The fourth-order valence-corrected chi connectivity index (χ4v) is 6.40. The van der Waals surface area contributed by atoms with Crippen LogP contribution < -0.4 is 16.0 Å². The lowest BCUT2D eigenvalue weighted by molar-refractivity contribution is -0.114. The van der Waals surface area contributed by atoms with Crippen molar-refractivity contribution >= 4 is 99.0 Å². The van der Waals surface area contributed by atoms with Gasteiger partial charge in [0, 0.05) is 29.1 Å². The first-order valence-corrected chi connectivity index (χ1v) is 17.9. The minimum atomic E-state index is -4.89. The monoisotopic (exact) mass is 748 g/mol. The minimum Gasteiger partial charge on any atom is -0.324 e. The van der Waals surface area contributed by atoms with Gasteiger partial charge in [0.2, 0.25) is 23.1 Å². The standard InChI is InChI=1S/C27H21ClN8O10S3/c1-14(37)29-22-12-16(31-27-33-25(28)32-26(34-27)30-15-5-8-18(9-6-15)47(38,39)40)7-10-21(22)36-35-17-11-20-19(24(13-17)49(44,45)46)3-2-4-23(20)48(41,42)43/h2-13H,1H3,(H,29,37)(H,38,39,40)(H,41,42,43)(H,44,45,46)(H2,30,31,32,33,34). The van der Waals surface area contributed by atoms with E-state index in [2.05, 4.69) is 41.1 Å². The Balaban J connectivity index is 1.47. The van der Waals surface area contributed by atoms with Gasteiger partial charge in [-0.1, -0.05) is 12.1 Å². The molecule has 0 aliphatic carbocycles. The molecule has 5 aromatic rings. The molecule has 254 valence electrons. The molecule has 0 spiro atoms. The van der Waals surface area contributed by atoms with E-state index in [9.17, 15) is 39.2 Å². The van der Waals surface area contributed by atoms with Crippen LogP contribution in [-0.2, 0) is 35.1 Å². The second-order valence-corrected chi connectivity index (χ2v) is 14.4. The summed E-state index contributed by atoms with van der Waals surface area (Å²) in [5.41, 5.74) is 0.604. The van der Waals surface area contributed by atoms with Crippen LogP contribution in [0.25, 0.3) is 10.8 Å². The maximum atomic E-state index is 12.1. The molecule has 0 atom stereocenters. The Hall–Kier alpha value is -5.16. The third kappa shape index (κ3) is 8.66. The van der Waals surface area contributed by atoms with Gasteiger partial charge in [-0.3, -0.25) is 18.5 Å². The van der Waals surface area contributed by atoms with Crippen LogP contribution in [0.1, 0.15) is 6.92 Å². The Morgan fingerprint density at radius 2 is 1.31 bits per heavy atom. The summed E-state index contributed by atoms with van der Waals surface area (Å²) in [4.78, 5) is 22.5. The quantitative estimate of drug-likeness (QED) is 0.0782. The lowest BCUT2D eigenvalue weighted by Gasteiger charge is -2.11. The van der Waals surface area contributed by atoms with Gasteiger partial charge in [-0.15, -0.1) is 5.11 Å². The zero-order valence-electron chi connectivity index (χ0n) is 24.5. The average Bonchev–Trinajstić information content (AvgIpc) is 2.98. The Bertz CT molecular complexity index is 2500. The maximum Gasteiger partial charge on any atom is 0.295 e. The number of carbonyl (C=O) groups excluding carboxylic acids is 1. The van der Waals surface area contributed by atoms with Crippen molar-refractivity contribution in [3.8, 4) is 0 Å². The zero-order chi connectivity index (χ0) is 35.7. The highest BCUT2D eigenvalue weighted by Gasteiger charge is 2.21. The van der Waals surface area contributed by atoms with Gasteiger partial charge in [-0.05, 0) is 72.3 Å². The van der Waals surface area contributed by atoms with Gasteiger partial charge in [0.1, 0.15) is 15.5 Å². The van der Waals surface area contributed by atoms with E-state index in [1.165, 1.54) is 49.4 Å². The van der Waals surface area contributed by atoms with Crippen molar-refractivity contribution in [2.45, 2.75) is 21.6 Å². The summed E-state index contributed by atoms with van der Waals surface area (Å²) in [6.07, 6.45) is 0. The molecule has 22 heteroatoms. The molecule has 0 aliphatic heterocycles. The lowest BCUT2D eigenvalue weighted by Crippen LogP contribution is -2.07. The number of nitrogens with zero attached hydrogens (tertiary/aromatic N) is 5. The second-order valence-electron chi connectivity index (χ2n) is 9.86. The predicted octanol–water partition coefficient (Wildman–Crippen LogP) is 5.28. The largest absolute Gasteiger partial charge is 0.324 e. The molecule has 0 saturated carbocycles. The number of benzene rings is 4. The summed E-state index contributed by atoms with van der Waals surface area (Å²) in [5.74, 6) is -0.587. The van der Waals surface area contributed by atoms with E-state index >= 15 is 0 Å². The van der Waals surface area contributed by atoms with E-state index in [1.54, 1.807) is 0 Å². The predicted molar refractivity (Wildman–Crippen MR) is 176 cm³/mol. The van der Waals surface area contributed by atoms with Crippen LogP contribution in [0.3, 0.4) is 0 Å². The third-order valence-electron chi connectivity index (χ3n) is 6.31. The molecule has 5 rings (SSSR count). The van der Waals surface area contributed by atoms with Crippen LogP contribution in [0.4, 0.5) is 40.3 Å². The van der Waals surface area contributed by atoms with Gasteiger partial charge in [-0.25, -0.2) is 0 Å². The number of carbonyl (C=O) groups is 1. The van der Waals surface area contributed by atoms with Crippen molar-refractivity contribution in [2.75, 3.05) is 16.0 Å². The van der Waals surface area contributed by atoms with Crippen LogP contribution in [0.2, 0.25) is 5.28 Å². The molecule has 18 nitrogen and oxygen atoms in total. The topological polar surface area (TPSA) is 280 Å².